The highest BCUT2D eigenvalue weighted by molar-refractivity contribution is 5.90. The topological polar surface area (TPSA) is 57.5 Å². The van der Waals surface area contributed by atoms with Crippen molar-refractivity contribution in [2.45, 2.75) is 13.3 Å². The molecule has 0 aliphatic rings. The number of carboxylic acid groups (broad SMARTS) is 1. The van der Waals surface area contributed by atoms with Crippen molar-refractivity contribution in [1.82, 2.24) is 0 Å². The van der Waals surface area contributed by atoms with Crippen molar-refractivity contribution >= 4 is 5.97 Å². The van der Waals surface area contributed by atoms with Crippen molar-refractivity contribution in [2.24, 2.45) is 0 Å². The lowest BCUT2D eigenvalue weighted by Gasteiger charge is -1.95. The van der Waals surface area contributed by atoms with Crippen LogP contribution in [0.1, 0.15) is 13.3 Å². The zero-order valence-electron chi connectivity index (χ0n) is 5.79. The van der Waals surface area contributed by atoms with Gasteiger partial charge in [0.2, 0.25) is 0 Å². The molecular formula is C7H10O3. The van der Waals surface area contributed by atoms with E-state index in [1.807, 2.05) is 0 Å². The van der Waals surface area contributed by atoms with Crippen LogP contribution in [-0.2, 0) is 4.79 Å². The van der Waals surface area contributed by atoms with Gasteiger partial charge in [0.1, 0.15) is 5.76 Å². The molecule has 56 valence electrons. The molecule has 0 atom stereocenters. The monoisotopic (exact) mass is 142 g/mol. The van der Waals surface area contributed by atoms with E-state index in [-0.39, 0.29) is 11.3 Å². The Bertz CT molecular complexity index is 179. The summed E-state index contributed by atoms with van der Waals surface area (Å²) in [7, 11) is 0. The quantitative estimate of drug-likeness (QED) is 0.356. The Morgan fingerprint density at radius 1 is 1.60 bits per heavy atom. The first-order valence-corrected chi connectivity index (χ1v) is 2.91. The van der Waals surface area contributed by atoms with Crippen molar-refractivity contribution < 1.29 is 15.0 Å². The van der Waals surface area contributed by atoms with Gasteiger partial charge in [-0.15, -0.1) is 0 Å². The summed E-state index contributed by atoms with van der Waals surface area (Å²) in [5.41, 5.74) is -0.262. The maximum absolute atomic E-state index is 10.1. The standard InChI is InChI=1S/C7H10O3/c1-3-4-6(8)5(2)7(9)10/h4,8H,2-3H2,1H3,(H,9,10). The predicted octanol–water partition coefficient (Wildman–Crippen LogP) is 1.48. The second-order valence-electron chi connectivity index (χ2n) is 1.78. The van der Waals surface area contributed by atoms with Gasteiger partial charge >= 0.3 is 5.97 Å². The average Bonchev–Trinajstić information content (AvgIpc) is 1.87. The lowest BCUT2D eigenvalue weighted by Crippen LogP contribution is -2.01. The van der Waals surface area contributed by atoms with Crippen LogP contribution < -0.4 is 0 Å². The van der Waals surface area contributed by atoms with Crippen LogP contribution >= 0.6 is 0 Å². The van der Waals surface area contributed by atoms with E-state index in [1.165, 1.54) is 6.08 Å². The third kappa shape index (κ3) is 2.35. The molecule has 10 heavy (non-hydrogen) atoms. The summed E-state index contributed by atoms with van der Waals surface area (Å²) in [6, 6.07) is 0. The molecule has 0 unspecified atom stereocenters. The van der Waals surface area contributed by atoms with Gasteiger partial charge in [-0.05, 0) is 12.5 Å². The van der Waals surface area contributed by atoms with Crippen molar-refractivity contribution in [1.29, 1.82) is 0 Å². The van der Waals surface area contributed by atoms with Crippen molar-refractivity contribution in [2.75, 3.05) is 0 Å². The number of aliphatic hydroxyl groups excluding tert-OH is 1. The van der Waals surface area contributed by atoms with Crippen molar-refractivity contribution in [3.05, 3.63) is 24.0 Å². The normalized spacial score (nSPS) is 11.1. The van der Waals surface area contributed by atoms with Crippen molar-refractivity contribution in [3.8, 4) is 0 Å². The van der Waals surface area contributed by atoms with Gasteiger partial charge in [0.15, 0.2) is 0 Å². The lowest BCUT2D eigenvalue weighted by atomic mass is 10.2. The third-order valence-electron chi connectivity index (χ3n) is 0.965. The van der Waals surface area contributed by atoms with Crippen molar-refractivity contribution in [3.63, 3.8) is 0 Å². The van der Waals surface area contributed by atoms with E-state index >= 15 is 0 Å². The number of carboxylic acids is 1. The minimum absolute atomic E-state index is 0.255. The van der Waals surface area contributed by atoms with E-state index in [2.05, 4.69) is 6.58 Å². The Labute approximate surface area is 59.3 Å². The molecule has 0 saturated heterocycles. The van der Waals surface area contributed by atoms with Gasteiger partial charge in [0, 0.05) is 0 Å². The minimum Gasteiger partial charge on any atom is -0.507 e. The molecule has 0 rings (SSSR count). The first-order valence-electron chi connectivity index (χ1n) is 2.91. The molecule has 0 aromatic carbocycles. The first kappa shape index (κ1) is 8.75. The number of carbonyl (C=O) groups is 1. The molecule has 0 heterocycles. The number of aliphatic hydroxyl groups is 1. The predicted molar refractivity (Wildman–Crippen MR) is 37.8 cm³/mol. The molecular weight excluding hydrogens is 132 g/mol. The molecule has 0 aliphatic carbocycles. The molecule has 0 bridgehead atoms. The molecule has 0 aliphatic heterocycles. The first-order chi connectivity index (χ1) is 4.59. The molecule has 0 aromatic rings. The van der Waals surface area contributed by atoms with Gasteiger partial charge in [-0.25, -0.2) is 4.79 Å². The van der Waals surface area contributed by atoms with Gasteiger partial charge in [-0.1, -0.05) is 13.5 Å². The van der Waals surface area contributed by atoms with Crippen LogP contribution in [-0.4, -0.2) is 16.2 Å². The summed E-state index contributed by atoms with van der Waals surface area (Å²) in [4.78, 5) is 10.1. The van der Waals surface area contributed by atoms with Crippen LogP contribution in [0.5, 0.6) is 0 Å². The van der Waals surface area contributed by atoms with E-state index in [0.717, 1.165) is 0 Å². The molecule has 3 heteroatoms. The fraction of sp³-hybridized carbons (Fsp3) is 0.286. The van der Waals surface area contributed by atoms with Gasteiger partial charge < -0.3 is 10.2 Å². The number of allylic oxidation sites excluding steroid dienone is 1. The SMILES string of the molecule is C=C(C(=O)O)C(O)=CCC. The molecule has 2 N–H and O–H groups in total. The number of hydrogen-bond donors (Lipinski definition) is 2. The summed E-state index contributed by atoms with van der Waals surface area (Å²) < 4.78 is 0. The van der Waals surface area contributed by atoms with Gasteiger partial charge in [0.05, 0.1) is 5.57 Å². The zero-order valence-corrected chi connectivity index (χ0v) is 5.79. The van der Waals surface area contributed by atoms with Gasteiger partial charge in [0.25, 0.3) is 0 Å². The van der Waals surface area contributed by atoms with E-state index in [0.29, 0.717) is 6.42 Å². The smallest absolute Gasteiger partial charge is 0.338 e. The molecule has 0 saturated carbocycles. The fourth-order valence-electron chi connectivity index (χ4n) is 0.426. The summed E-state index contributed by atoms with van der Waals surface area (Å²) in [5, 5.41) is 17.1. The summed E-state index contributed by atoms with van der Waals surface area (Å²) in [6.45, 7) is 4.95. The average molecular weight is 142 g/mol. The highest BCUT2D eigenvalue weighted by Crippen LogP contribution is 2.03. The van der Waals surface area contributed by atoms with Crippen LogP contribution in [0.4, 0.5) is 0 Å². The number of rotatable bonds is 3. The molecule has 0 fully saturated rings. The Kier molecular flexibility index (Phi) is 3.25. The van der Waals surface area contributed by atoms with Crippen LogP contribution in [0, 0.1) is 0 Å². The molecule has 3 nitrogen and oxygen atoms in total. The maximum Gasteiger partial charge on any atom is 0.338 e. The summed E-state index contributed by atoms with van der Waals surface area (Å²) in [5.74, 6) is -1.45. The highest BCUT2D eigenvalue weighted by Gasteiger charge is 2.06. The summed E-state index contributed by atoms with van der Waals surface area (Å²) >= 11 is 0. The number of aliphatic carboxylic acids is 1. The Morgan fingerprint density at radius 3 is 2.40 bits per heavy atom. The largest absolute Gasteiger partial charge is 0.507 e. The Hall–Kier alpha value is -1.25. The second-order valence-corrected chi connectivity index (χ2v) is 1.78. The summed E-state index contributed by atoms with van der Waals surface area (Å²) in [6.07, 6.45) is 1.99. The fourth-order valence-corrected chi connectivity index (χ4v) is 0.426. The Morgan fingerprint density at radius 2 is 2.10 bits per heavy atom. The molecule has 0 spiro atoms. The Balaban J connectivity index is 4.22. The van der Waals surface area contributed by atoms with E-state index < -0.39 is 5.97 Å². The maximum atomic E-state index is 10.1. The van der Waals surface area contributed by atoms with Crippen LogP contribution in [0.2, 0.25) is 0 Å². The second kappa shape index (κ2) is 3.71. The molecule has 0 radical (unpaired) electrons. The van der Waals surface area contributed by atoms with Gasteiger partial charge in [-0.3, -0.25) is 0 Å². The molecule has 0 aromatic heterocycles. The zero-order chi connectivity index (χ0) is 8.15. The van der Waals surface area contributed by atoms with E-state index in [1.54, 1.807) is 6.92 Å². The third-order valence-corrected chi connectivity index (χ3v) is 0.965. The number of hydrogen-bond acceptors (Lipinski definition) is 2. The van der Waals surface area contributed by atoms with Crippen LogP contribution in [0.25, 0.3) is 0 Å². The van der Waals surface area contributed by atoms with Crippen LogP contribution in [0.15, 0.2) is 24.0 Å². The van der Waals surface area contributed by atoms with Gasteiger partial charge in [-0.2, -0.15) is 0 Å². The van der Waals surface area contributed by atoms with E-state index in [9.17, 15) is 4.79 Å². The minimum atomic E-state index is -1.19. The van der Waals surface area contributed by atoms with E-state index in [4.69, 9.17) is 10.2 Å². The van der Waals surface area contributed by atoms with Crippen LogP contribution in [0.3, 0.4) is 0 Å². The lowest BCUT2D eigenvalue weighted by molar-refractivity contribution is -0.132. The highest BCUT2D eigenvalue weighted by atomic mass is 16.4. The molecule has 0 amide bonds.